The lowest BCUT2D eigenvalue weighted by atomic mass is 10.1. The van der Waals surface area contributed by atoms with Gasteiger partial charge in [-0.15, -0.1) is 11.8 Å². The normalized spacial score (nSPS) is 10.1. The molecule has 4 heteroatoms. The summed E-state index contributed by atoms with van der Waals surface area (Å²) in [4.78, 5) is 12.4. The van der Waals surface area contributed by atoms with Gasteiger partial charge in [-0.2, -0.15) is 0 Å². The molecule has 0 saturated heterocycles. The third-order valence-corrected chi connectivity index (χ3v) is 3.02. The van der Waals surface area contributed by atoms with Crippen LogP contribution in [0.1, 0.15) is 5.56 Å². The van der Waals surface area contributed by atoms with Crippen LogP contribution in [0.3, 0.4) is 0 Å². The van der Waals surface area contributed by atoms with Crippen molar-refractivity contribution >= 4 is 17.7 Å². The quantitative estimate of drug-likeness (QED) is 0.768. The Kier molecular flexibility index (Phi) is 5.96. The summed E-state index contributed by atoms with van der Waals surface area (Å²) in [6, 6.07) is 8.23. The van der Waals surface area contributed by atoms with Gasteiger partial charge >= 0.3 is 0 Å². The van der Waals surface area contributed by atoms with E-state index in [1.54, 1.807) is 11.8 Å². The number of nitrogens with one attached hydrogen (secondary N) is 1. The van der Waals surface area contributed by atoms with Crippen molar-refractivity contribution in [2.75, 3.05) is 26.5 Å². The van der Waals surface area contributed by atoms with Crippen LogP contribution in [0.15, 0.2) is 29.2 Å². The number of methoxy groups -OCH3 is 1. The highest BCUT2D eigenvalue weighted by molar-refractivity contribution is 7.98. The fourth-order valence-electron chi connectivity index (χ4n) is 1.43. The first-order chi connectivity index (χ1) is 7.77. The molecule has 0 atom stereocenters. The second kappa shape index (κ2) is 7.30. The first kappa shape index (κ1) is 13.1. The molecule has 0 aliphatic rings. The van der Waals surface area contributed by atoms with Crippen LogP contribution < -0.4 is 5.32 Å². The number of carbonyl (C=O) groups excluding carboxylic acids is 1. The smallest absolute Gasteiger partial charge is 0.245 e. The van der Waals surface area contributed by atoms with Crippen molar-refractivity contribution in [1.82, 2.24) is 5.32 Å². The van der Waals surface area contributed by atoms with Crippen LogP contribution in [0.25, 0.3) is 0 Å². The number of benzene rings is 1. The van der Waals surface area contributed by atoms with Crippen molar-refractivity contribution in [3.05, 3.63) is 29.8 Å². The zero-order valence-corrected chi connectivity index (χ0v) is 10.5. The van der Waals surface area contributed by atoms with E-state index in [0.717, 1.165) is 6.42 Å². The van der Waals surface area contributed by atoms with Gasteiger partial charge in [0, 0.05) is 18.6 Å². The number of rotatable bonds is 6. The summed E-state index contributed by atoms with van der Waals surface area (Å²) in [5.41, 5.74) is 1.27. The Hall–Kier alpha value is -1.00. The van der Waals surface area contributed by atoms with Crippen LogP contribution in [0.2, 0.25) is 0 Å². The van der Waals surface area contributed by atoms with E-state index in [9.17, 15) is 4.79 Å². The van der Waals surface area contributed by atoms with Crippen molar-refractivity contribution in [3.63, 3.8) is 0 Å². The summed E-state index contributed by atoms with van der Waals surface area (Å²) >= 11 is 1.73. The predicted octanol–water partition coefficient (Wildman–Crippen LogP) is 1.71. The molecule has 1 N–H and O–H groups in total. The zero-order valence-electron chi connectivity index (χ0n) is 9.66. The number of carbonyl (C=O) groups is 1. The van der Waals surface area contributed by atoms with E-state index < -0.39 is 0 Å². The standard InChI is InChI=1S/C12H17NO2S/c1-15-9-12(14)13-8-7-10-5-3-4-6-11(10)16-2/h3-6H,7-9H2,1-2H3,(H,13,14). The lowest BCUT2D eigenvalue weighted by Crippen LogP contribution is -2.29. The number of amides is 1. The van der Waals surface area contributed by atoms with E-state index in [1.165, 1.54) is 17.6 Å². The molecule has 3 nitrogen and oxygen atoms in total. The monoisotopic (exact) mass is 239 g/mol. The minimum Gasteiger partial charge on any atom is -0.375 e. The van der Waals surface area contributed by atoms with Gasteiger partial charge in [0.05, 0.1) is 0 Å². The van der Waals surface area contributed by atoms with Crippen molar-refractivity contribution in [2.45, 2.75) is 11.3 Å². The molecular weight excluding hydrogens is 222 g/mol. The fraction of sp³-hybridized carbons (Fsp3) is 0.417. The van der Waals surface area contributed by atoms with Gasteiger partial charge in [0.2, 0.25) is 5.91 Å². The Labute approximate surface area is 101 Å². The largest absolute Gasteiger partial charge is 0.375 e. The Morgan fingerprint density at radius 1 is 1.44 bits per heavy atom. The van der Waals surface area contributed by atoms with E-state index >= 15 is 0 Å². The van der Waals surface area contributed by atoms with Crippen LogP contribution in [0.5, 0.6) is 0 Å². The highest BCUT2D eigenvalue weighted by Gasteiger charge is 2.02. The first-order valence-corrected chi connectivity index (χ1v) is 6.38. The molecule has 0 bridgehead atoms. The van der Waals surface area contributed by atoms with Gasteiger partial charge in [-0.25, -0.2) is 0 Å². The molecule has 0 fully saturated rings. The number of thioether (sulfide) groups is 1. The molecular formula is C12H17NO2S. The molecule has 88 valence electrons. The zero-order chi connectivity index (χ0) is 11.8. The number of hydrogen-bond donors (Lipinski definition) is 1. The van der Waals surface area contributed by atoms with Crippen LogP contribution in [-0.2, 0) is 16.0 Å². The summed E-state index contributed by atoms with van der Waals surface area (Å²) < 4.78 is 4.74. The molecule has 0 aliphatic carbocycles. The molecule has 0 aromatic heterocycles. The van der Waals surface area contributed by atoms with Gasteiger partial charge < -0.3 is 10.1 Å². The lowest BCUT2D eigenvalue weighted by Gasteiger charge is -2.08. The van der Waals surface area contributed by atoms with E-state index in [0.29, 0.717) is 6.54 Å². The van der Waals surface area contributed by atoms with E-state index in [1.807, 2.05) is 12.1 Å². The average Bonchev–Trinajstić information content (AvgIpc) is 2.30. The molecule has 1 amide bonds. The van der Waals surface area contributed by atoms with Crippen LogP contribution in [0, 0.1) is 0 Å². The molecule has 0 saturated carbocycles. The van der Waals surface area contributed by atoms with Gasteiger partial charge in [0.15, 0.2) is 0 Å². The van der Waals surface area contributed by atoms with Gasteiger partial charge in [-0.05, 0) is 24.3 Å². The number of ether oxygens (including phenoxy) is 1. The maximum atomic E-state index is 11.1. The Balaban J connectivity index is 2.39. The minimum atomic E-state index is -0.0656. The van der Waals surface area contributed by atoms with Crippen molar-refractivity contribution in [1.29, 1.82) is 0 Å². The summed E-state index contributed by atoms with van der Waals surface area (Å²) in [5, 5.41) is 2.81. The van der Waals surface area contributed by atoms with E-state index in [4.69, 9.17) is 4.74 Å². The van der Waals surface area contributed by atoms with Crippen LogP contribution in [-0.4, -0.2) is 32.4 Å². The van der Waals surface area contributed by atoms with E-state index in [2.05, 4.69) is 23.7 Å². The van der Waals surface area contributed by atoms with Crippen molar-refractivity contribution < 1.29 is 9.53 Å². The van der Waals surface area contributed by atoms with Crippen LogP contribution in [0.4, 0.5) is 0 Å². The van der Waals surface area contributed by atoms with Crippen LogP contribution >= 0.6 is 11.8 Å². The Morgan fingerprint density at radius 3 is 2.88 bits per heavy atom. The molecule has 0 aliphatic heterocycles. The van der Waals surface area contributed by atoms with Gasteiger partial charge in [0.1, 0.15) is 6.61 Å². The maximum absolute atomic E-state index is 11.1. The summed E-state index contributed by atoms with van der Waals surface area (Å²) in [7, 11) is 1.52. The number of hydrogen-bond acceptors (Lipinski definition) is 3. The molecule has 0 spiro atoms. The third-order valence-electron chi connectivity index (χ3n) is 2.18. The minimum absolute atomic E-state index is 0.0656. The van der Waals surface area contributed by atoms with Crippen molar-refractivity contribution in [3.8, 4) is 0 Å². The lowest BCUT2D eigenvalue weighted by molar-refractivity contribution is -0.124. The summed E-state index contributed by atoms with van der Waals surface area (Å²) in [6.07, 6.45) is 2.91. The van der Waals surface area contributed by atoms with Crippen molar-refractivity contribution in [2.24, 2.45) is 0 Å². The average molecular weight is 239 g/mol. The SMILES string of the molecule is COCC(=O)NCCc1ccccc1SC. The predicted molar refractivity (Wildman–Crippen MR) is 66.8 cm³/mol. The molecule has 1 rings (SSSR count). The highest BCUT2D eigenvalue weighted by Crippen LogP contribution is 2.19. The van der Waals surface area contributed by atoms with Gasteiger partial charge in [-0.1, -0.05) is 18.2 Å². The second-order valence-electron chi connectivity index (χ2n) is 3.34. The Morgan fingerprint density at radius 2 is 2.19 bits per heavy atom. The third kappa shape index (κ3) is 4.24. The molecule has 0 radical (unpaired) electrons. The first-order valence-electron chi connectivity index (χ1n) is 5.15. The Bertz CT molecular complexity index is 342. The fourth-order valence-corrected chi connectivity index (χ4v) is 2.08. The molecule has 1 aromatic carbocycles. The molecule has 0 heterocycles. The van der Waals surface area contributed by atoms with E-state index in [-0.39, 0.29) is 12.5 Å². The maximum Gasteiger partial charge on any atom is 0.245 e. The molecule has 0 unspecified atom stereocenters. The summed E-state index contributed by atoms with van der Waals surface area (Å²) in [6.45, 7) is 0.782. The van der Waals surface area contributed by atoms with Gasteiger partial charge in [-0.3, -0.25) is 4.79 Å². The summed E-state index contributed by atoms with van der Waals surface area (Å²) in [5.74, 6) is -0.0656. The molecule has 16 heavy (non-hydrogen) atoms. The highest BCUT2D eigenvalue weighted by atomic mass is 32.2. The molecule has 1 aromatic rings. The second-order valence-corrected chi connectivity index (χ2v) is 4.19. The topological polar surface area (TPSA) is 38.3 Å². The van der Waals surface area contributed by atoms with Gasteiger partial charge in [0.25, 0.3) is 0 Å².